The summed E-state index contributed by atoms with van der Waals surface area (Å²) in [6, 6.07) is 10.5. The minimum absolute atomic E-state index is 0.0613. The van der Waals surface area contributed by atoms with Gasteiger partial charge in [0, 0.05) is 30.1 Å². The molecule has 1 aromatic carbocycles. The minimum atomic E-state index is -1.43. The number of fused-ring (bicyclic) bond motifs is 1. The summed E-state index contributed by atoms with van der Waals surface area (Å²) >= 11 is 0. The fraction of sp³-hybridized carbons (Fsp3) is 0.514. The van der Waals surface area contributed by atoms with E-state index in [4.69, 9.17) is 4.42 Å². The van der Waals surface area contributed by atoms with Crippen molar-refractivity contribution in [2.24, 2.45) is 23.7 Å². The van der Waals surface area contributed by atoms with Gasteiger partial charge in [-0.3, -0.25) is 29.3 Å². The number of anilines is 1. The Bertz CT molecular complexity index is 1650. The van der Waals surface area contributed by atoms with Crippen molar-refractivity contribution >= 4 is 40.2 Å². The third kappa shape index (κ3) is 7.49. The molecule has 12 nitrogen and oxygen atoms in total. The zero-order valence-corrected chi connectivity index (χ0v) is 26.7. The molecule has 4 fully saturated rings. The van der Waals surface area contributed by atoms with Crippen molar-refractivity contribution in [3.05, 3.63) is 64.8 Å². The molecule has 2 atom stereocenters. The zero-order valence-electron chi connectivity index (χ0n) is 26.7. The number of hydrogen-bond donors (Lipinski definition) is 5. The number of ketones is 1. The number of nitrogens with one attached hydrogen (secondary N) is 4. The molecule has 4 bridgehead atoms. The molecule has 3 aromatic rings. The van der Waals surface area contributed by atoms with E-state index in [9.17, 15) is 29.1 Å². The van der Waals surface area contributed by atoms with E-state index in [1.54, 1.807) is 38.1 Å². The number of aromatic nitrogens is 1. The van der Waals surface area contributed by atoms with Crippen LogP contribution in [0.2, 0.25) is 0 Å². The van der Waals surface area contributed by atoms with Gasteiger partial charge < -0.3 is 30.0 Å². The third-order valence-corrected chi connectivity index (χ3v) is 9.87. The molecule has 0 radical (unpaired) electrons. The van der Waals surface area contributed by atoms with E-state index in [2.05, 4.69) is 21.3 Å². The number of hydrogen-bond acceptors (Lipinski definition) is 8. The van der Waals surface area contributed by atoms with Crippen LogP contribution in [0, 0.1) is 23.7 Å². The van der Waals surface area contributed by atoms with Crippen molar-refractivity contribution in [3.8, 4) is 0 Å². The lowest BCUT2D eigenvalue weighted by Crippen LogP contribution is -2.56. The summed E-state index contributed by atoms with van der Waals surface area (Å²) in [6.07, 6.45) is 5.59. The molecule has 2 heterocycles. The van der Waals surface area contributed by atoms with Gasteiger partial charge in [0.15, 0.2) is 6.23 Å². The number of pyridine rings is 1. The lowest BCUT2D eigenvalue weighted by Gasteiger charge is -2.54. The van der Waals surface area contributed by atoms with Gasteiger partial charge in [0.25, 0.3) is 11.5 Å². The van der Waals surface area contributed by atoms with Crippen LogP contribution in [-0.2, 0) is 25.7 Å². The number of carbonyl (C=O) groups is 4. The Morgan fingerprint density at radius 2 is 1.68 bits per heavy atom. The van der Waals surface area contributed by atoms with Gasteiger partial charge in [0.2, 0.25) is 17.6 Å². The first-order chi connectivity index (χ1) is 22.5. The van der Waals surface area contributed by atoms with Crippen LogP contribution in [0.5, 0.6) is 0 Å². The number of aliphatic hydroxyl groups is 1. The van der Waals surface area contributed by atoms with Crippen LogP contribution in [0.3, 0.4) is 0 Å². The Balaban J connectivity index is 1.13. The van der Waals surface area contributed by atoms with Crippen molar-refractivity contribution in [1.29, 1.82) is 0 Å². The van der Waals surface area contributed by atoms with Crippen molar-refractivity contribution in [1.82, 2.24) is 20.5 Å². The van der Waals surface area contributed by atoms with Gasteiger partial charge in [0.05, 0.1) is 6.04 Å². The van der Waals surface area contributed by atoms with E-state index in [1.807, 2.05) is 12.1 Å². The number of benzene rings is 1. The van der Waals surface area contributed by atoms with Gasteiger partial charge in [-0.15, -0.1) is 0 Å². The Kier molecular flexibility index (Phi) is 9.60. The first-order valence-electron chi connectivity index (χ1n) is 16.6. The molecule has 250 valence electrons. The first-order valence-corrected chi connectivity index (χ1v) is 16.6. The third-order valence-electron chi connectivity index (χ3n) is 9.87. The van der Waals surface area contributed by atoms with Crippen LogP contribution < -0.4 is 26.8 Å². The minimum Gasteiger partial charge on any atom is -0.457 e. The van der Waals surface area contributed by atoms with Gasteiger partial charge in [-0.2, -0.15) is 0 Å². The highest BCUT2D eigenvalue weighted by Gasteiger charge is 2.48. The Hall–Kier alpha value is -4.29. The first kappa shape index (κ1) is 32.6. The number of rotatable bonds is 13. The number of nitrogens with zero attached hydrogens (tertiary/aromatic N) is 1. The van der Waals surface area contributed by atoms with E-state index in [-0.39, 0.29) is 48.8 Å². The molecule has 0 spiro atoms. The Morgan fingerprint density at radius 1 is 0.979 bits per heavy atom. The maximum atomic E-state index is 13.5. The van der Waals surface area contributed by atoms with Crippen LogP contribution in [-0.4, -0.2) is 51.3 Å². The molecule has 47 heavy (non-hydrogen) atoms. The lowest BCUT2D eigenvalue weighted by atomic mass is 9.54. The fourth-order valence-corrected chi connectivity index (χ4v) is 7.96. The van der Waals surface area contributed by atoms with Crippen LogP contribution in [0.25, 0.3) is 11.0 Å². The number of amides is 3. The molecule has 0 aliphatic heterocycles. The smallest absolute Gasteiger partial charge is 0.287 e. The number of carbonyl (C=O) groups excluding carboxylic acids is 4. The molecule has 4 aliphatic rings. The number of furan rings is 1. The summed E-state index contributed by atoms with van der Waals surface area (Å²) in [7, 11) is 0. The summed E-state index contributed by atoms with van der Waals surface area (Å²) in [5.74, 6) is 0.285. The number of Topliss-reactive ketones (excluding diaryl/α,β-unsaturated/α-hetero) is 1. The van der Waals surface area contributed by atoms with Gasteiger partial charge in [-0.05, 0) is 100 Å². The molecule has 2 aromatic heterocycles. The van der Waals surface area contributed by atoms with Crippen molar-refractivity contribution in [3.63, 3.8) is 0 Å². The molecule has 4 aliphatic carbocycles. The second-order valence-electron chi connectivity index (χ2n) is 13.8. The summed E-state index contributed by atoms with van der Waals surface area (Å²) in [5.41, 5.74) is -0.0825. The molecule has 3 amide bonds. The Labute approximate surface area is 272 Å². The van der Waals surface area contributed by atoms with Gasteiger partial charge in [-0.1, -0.05) is 18.2 Å². The van der Waals surface area contributed by atoms with E-state index in [0.717, 1.165) is 42.9 Å². The van der Waals surface area contributed by atoms with E-state index >= 15 is 0 Å². The van der Waals surface area contributed by atoms with Gasteiger partial charge >= 0.3 is 0 Å². The lowest BCUT2D eigenvalue weighted by molar-refractivity contribution is -0.138. The van der Waals surface area contributed by atoms with Crippen LogP contribution in [0.4, 0.5) is 5.69 Å². The van der Waals surface area contributed by atoms with Crippen molar-refractivity contribution in [2.45, 2.75) is 89.7 Å². The second-order valence-corrected chi connectivity index (χ2v) is 13.8. The SMILES string of the molecule is CC(C)NC(=O)C(=O)CC[C@H](NC(O)c1cc2ccccc2o1)C(=O)Nc1cccn(CC(=O)NC2C3CC4CC(C3)CC2C4)c1=O. The van der Waals surface area contributed by atoms with Crippen LogP contribution >= 0.6 is 0 Å². The van der Waals surface area contributed by atoms with Crippen LogP contribution in [0.15, 0.2) is 57.9 Å². The van der Waals surface area contributed by atoms with Crippen molar-refractivity contribution in [2.75, 3.05) is 5.32 Å². The number of aliphatic hydroxyl groups excluding tert-OH is 1. The highest BCUT2D eigenvalue weighted by atomic mass is 16.4. The summed E-state index contributed by atoms with van der Waals surface area (Å²) < 4.78 is 6.98. The molecule has 5 N–H and O–H groups in total. The molecular formula is C35H43N5O7. The average Bonchev–Trinajstić information content (AvgIpc) is 3.47. The molecule has 7 rings (SSSR count). The zero-order chi connectivity index (χ0) is 33.2. The molecule has 1 unspecified atom stereocenters. The standard InChI is InChI=1S/C35H43N5O7/c1-19(2)36-33(44)27(41)10-9-25(37-34(45)29-17-22-6-3-4-8-28(22)47-29)32(43)38-26-7-5-11-40(35(26)46)18-30(42)39-31-23-13-20-12-21(15-23)16-24(31)14-20/h3-8,11,17,19-21,23-25,31,34,37,45H,9-10,12-16,18H2,1-2H3,(H,36,44)(H,38,43)(H,39,42)/t20?,21?,23?,24?,25-,31?,34?/m0/s1. The highest BCUT2D eigenvalue weighted by Crippen LogP contribution is 2.53. The van der Waals surface area contributed by atoms with E-state index in [1.165, 1.54) is 23.3 Å². The molecule has 0 saturated heterocycles. The Morgan fingerprint density at radius 3 is 2.36 bits per heavy atom. The van der Waals surface area contributed by atoms with E-state index < -0.39 is 35.4 Å². The van der Waals surface area contributed by atoms with Gasteiger partial charge in [-0.25, -0.2) is 0 Å². The number of para-hydroxylation sites is 1. The fourth-order valence-electron chi connectivity index (χ4n) is 7.96. The maximum absolute atomic E-state index is 13.5. The van der Waals surface area contributed by atoms with Gasteiger partial charge in [0.1, 0.15) is 23.6 Å². The highest BCUT2D eigenvalue weighted by molar-refractivity contribution is 6.36. The predicted octanol–water partition coefficient (Wildman–Crippen LogP) is 3.00. The molecule has 12 heteroatoms. The monoisotopic (exact) mass is 645 g/mol. The molecular weight excluding hydrogens is 602 g/mol. The van der Waals surface area contributed by atoms with E-state index in [0.29, 0.717) is 17.4 Å². The quantitative estimate of drug-likeness (QED) is 0.139. The van der Waals surface area contributed by atoms with Crippen molar-refractivity contribution < 1.29 is 28.7 Å². The summed E-state index contributed by atoms with van der Waals surface area (Å²) in [5, 5.41) is 22.8. The largest absolute Gasteiger partial charge is 0.457 e. The normalized spacial score (nSPS) is 24.2. The predicted molar refractivity (Wildman–Crippen MR) is 174 cm³/mol. The maximum Gasteiger partial charge on any atom is 0.287 e. The van der Waals surface area contributed by atoms with Crippen LogP contribution in [0.1, 0.15) is 70.8 Å². The average molecular weight is 646 g/mol. The second kappa shape index (κ2) is 13.8. The summed E-state index contributed by atoms with van der Waals surface area (Å²) in [6.45, 7) is 3.27. The molecule has 4 saturated carbocycles. The summed E-state index contributed by atoms with van der Waals surface area (Å²) in [4.78, 5) is 64.8. The topological polar surface area (TPSA) is 172 Å².